The van der Waals surface area contributed by atoms with Gasteiger partial charge in [-0.05, 0) is 49.8 Å². The maximum Gasteiger partial charge on any atom is 0.266 e. The van der Waals surface area contributed by atoms with E-state index in [9.17, 15) is 18.0 Å². The molecule has 1 aromatic carbocycles. The highest BCUT2D eigenvalue weighted by Crippen LogP contribution is 2.25. The van der Waals surface area contributed by atoms with Crippen LogP contribution in [0.2, 0.25) is 0 Å². The summed E-state index contributed by atoms with van der Waals surface area (Å²) in [6.45, 7) is 3.01. The van der Waals surface area contributed by atoms with Crippen LogP contribution in [0.3, 0.4) is 0 Å². The van der Waals surface area contributed by atoms with Crippen molar-refractivity contribution in [2.75, 3.05) is 25.9 Å². The number of halogens is 1. The molecule has 2 N–H and O–H groups in total. The number of carbonyl (C=O) groups excluding carboxylic acids is 2. The molecule has 180 valence electrons. The summed E-state index contributed by atoms with van der Waals surface area (Å²) in [4.78, 5) is 31.6. The first kappa shape index (κ1) is 25.4. The van der Waals surface area contributed by atoms with Gasteiger partial charge in [0.2, 0.25) is 5.91 Å². The molecule has 2 unspecified atom stereocenters. The number of rotatable bonds is 9. The van der Waals surface area contributed by atoms with Crippen LogP contribution in [0.5, 0.6) is 0 Å². The summed E-state index contributed by atoms with van der Waals surface area (Å²) in [6.07, 6.45) is 6.26. The zero-order valence-corrected chi connectivity index (χ0v) is 20.6. The molecule has 0 saturated carbocycles. The van der Waals surface area contributed by atoms with E-state index in [0.29, 0.717) is 31.6 Å². The molecule has 1 saturated heterocycles. The molecular weight excluding hydrogens is 464 g/mol. The van der Waals surface area contributed by atoms with Gasteiger partial charge in [-0.2, -0.15) is 0 Å². The molecule has 8 nitrogen and oxygen atoms in total. The summed E-state index contributed by atoms with van der Waals surface area (Å²) >= 11 is 5.89. The fraction of sp³-hybridized carbons (Fsp3) is 0.522. The van der Waals surface area contributed by atoms with Gasteiger partial charge < -0.3 is 15.5 Å². The normalized spacial score (nSPS) is 19.6. The number of benzene rings is 1. The van der Waals surface area contributed by atoms with E-state index in [4.69, 9.17) is 11.6 Å². The van der Waals surface area contributed by atoms with E-state index in [1.54, 1.807) is 4.90 Å². The minimum atomic E-state index is -3.44. The van der Waals surface area contributed by atoms with Crippen molar-refractivity contribution in [1.29, 1.82) is 0 Å². The number of nitrogens with one attached hydrogen (secondary N) is 2. The largest absolute Gasteiger partial charge is 0.342 e. The Morgan fingerprint density at radius 1 is 1.30 bits per heavy atom. The summed E-state index contributed by atoms with van der Waals surface area (Å²) < 4.78 is 22.9. The van der Waals surface area contributed by atoms with Crippen LogP contribution in [0, 0.1) is 0 Å². The maximum absolute atomic E-state index is 12.8. The molecule has 2 aliphatic heterocycles. The molecule has 0 bridgehead atoms. The SMILES string of the molecule is CCC(C=C(Cl)S(C)(=O)=O)NCC1CCCN1C(=O)CNC(=O)C1=Nc2ccccc2CC1. The van der Waals surface area contributed by atoms with E-state index in [1.807, 2.05) is 31.2 Å². The molecule has 2 heterocycles. The average molecular weight is 495 g/mol. The van der Waals surface area contributed by atoms with Crippen molar-refractivity contribution >= 4 is 44.7 Å². The highest BCUT2D eigenvalue weighted by molar-refractivity contribution is 7.96. The molecule has 0 aromatic heterocycles. The lowest BCUT2D eigenvalue weighted by Crippen LogP contribution is -2.48. The van der Waals surface area contributed by atoms with E-state index in [1.165, 1.54) is 6.08 Å². The Labute approximate surface area is 200 Å². The number of aliphatic imine (C=N–C) groups is 1. The lowest BCUT2D eigenvalue weighted by atomic mass is 10.0. The van der Waals surface area contributed by atoms with Crippen LogP contribution < -0.4 is 10.6 Å². The van der Waals surface area contributed by atoms with Gasteiger partial charge >= 0.3 is 0 Å². The number of amides is 2. The van der Waals surface area contributed by atoms with Crippen molar-refractivity contribution in [2.45, 2.75) is 51.1 Å². The van der Waals surface area contributed by atoms with Crippen LogP contribution in [0.15, 0.2) is 39.7 Å². The Hall–Kier alpha value is -2.23. The van der Waals surface area contributed by atoms with E-state index in [-0.39, 0.29) is 34.8 Å². The highest BCUT2D eigenvalue weighted by atomic mass is 35.5. The van der Waals surface area contributed by atoms with Crippen molar-refractivity contribution < 1.29 is 18.0 Å². The lowest BCUT2D eigenvalue weighted by molar-refractivity contribution is -0.132. The van der Waals surface area contributed by atoms with E-state index >= 15 is 0 Å². The lowest BCUT2D eigenvalue weighted by Gasteiger charge is -2.27. The maximum atomic E-state index is 12.8. The Morgan fingerprint density at radius 2 is 2.06 bits per heavy atom. The topological polar surface area (TPSA) is 108 Å². The molecule has 2 aliphatic rings. The van der Waals surface area contributed by atoms with Gasteiger partial charge in [0.15, 0.2) is 9.84 Å². The highest BCUT2D eigenvalue weighted by Gasteiger charge is 2.29. The summed E-state index contributed by atoms with van der Waals surface area (Å²) in [5, 5.41) is 6.02. The monoisotopic (exact) mass is 494 g/mol. The molecule has 0 spiro atoms. The number of sulfone groups is 1. The van der Waals surface area contributed by atoms with Crippen LogP contribution in [-0.4, -0.2) is 68.8 Å². The number of para-hydroxylation sites is 1. The molecule has 0 radical (unpaired) electrons. The predicted octanol–water partition coefficient (Wildman–Crippen LogP) is 2.31. The number of nitrogens with zero attached hydrogens (tertiary/aromatic N) is 2. The van der Waals surface area contributed by atoms with Crippen LogP contribution in [0.25, 0.3) is 0 Å². The van der Waals surface area contributed by atoms with Gasteiger partial charge in [-0.1, -0.05) is 36.7 Å². The Balaban J connectivity index is 1.52. The number of fused-ring (bicyclic) bond motifs is 1. The van der Waals surface area contributed by atoms with Crippen LogP contribution in [0.1, 0.15) is 38.2 Å². The van der Waals surface area contributed by atoms with Crippen LogP contribution >= 0.6 is 11.6 Å². The fourth-order valence-corrected chi connectivity index (χ4v) is 4.64. The van der Waals surface area contributed by atoms with Crippen molar-refractivity contribution in [3.05, 3.63) is 40.3 Å². The molecule has 1 aromatic rings. The van der Waals surface area contributed by atoms with Gasteiger partial charge in [0, 0.05) is 31.4 Å². The van der Waals surface area contributed by atoms with Crippen molar-refractivity contribution in [1.82, 2.24) is 15.5 Å². The van der Waals surface area contributed by atoms with Gasteiger partial charge in [0.1, 0.15) is 10.1 Å². The molecule has 1 fully saturated rings. The summed E-state index contributed by atoms with van der Waals surface area (Å²) in [5.41, 5.74) is 2.37. The molecule has 2 atom stereocenters. The number of likely N-dealkylation sites (tertiary alicyclic amines) is 1. The Morgan fingerprint density at radius 3 is 2.79 bits per heavy atom. The first-order valence-electron chi connectivity index (χ1n) is 11.2. The predicted molar refractivity (Wildman–Crippen MR) is 130 cm³/mol. The van der Waals surface area contributed by atoms with Gasteiger partial charge in [0.05, 0.1) is 12.2 Å². The van der Waals surface area contributed by atoms with Gasteiger partial charge in [0.25, 0.3) is 5.91 Å². The molecule has 10 heteroatoms. The third-order valence-electron chi connectivity index (χ3n) is 5.98. The Kier molecular flexibility index (Phi) is 8.67. The number of hydrogen-bond acceptors (Lipinski definition) is 6. The zero-order chi connectivity index (χ0) is 24.0. The second-order valence-electron chi connectivity index (χ2n) is 8.42. The first-order chi connectivity index (χ1) is 15.7. The summed E-state index contributed by atoms with van der Waals surface area (Å²) in [5.74, 6) is -0.444. The molecule has 3 rings (SSSR count). The van der Waals surface area contributed by atoms with Gasteiger partial charge in [-0.15, -0.1) is 0 Å². The van der Waals surface area contributed by atoms with Crippen molar-refractivity contribution in [2.24, 2.45) is 4.99 Å². The van der Waals surface area contributed by atoms with E-state index in [0.717, 1.165) is 36.8 Å². The summed E-state index contributed by atoms with van der Waals surface area (Å²) in [6, 6.07) is 7.51. The summed E-state index contributed by atoms with van der Waals surface area (Å²) in [7, 11) is -3.44. The van der Waals surface area contributed by atoms with Gasteiger partial charge in [-0.3, -0.25) is 9.59 Å². The minimum absolute atomic E-state index is 0.0206. The first-order valence-corrected chi connectivity index (χ1v) is 13.5. The number of carbonyl (C=O) groups is 2. The second kappa shape index (κ2) is 11.3. The number of hydrogen-bond donors (Lipinski definition) is 2. The Bertz CT molecular complexity index is 1050. The third-order valence-corrected chi connectivity index (χ3v) is 7.79. The van der Waals surface area contributed by atoms with Crippen molar-refractivity contribution in [3.8, 4) is 0 Å². The molecule has 0 aliphatic carbocycles. The molecule has 33 heavy (non-hydrogen) atoms. The number of aryl methyl sites for hydroxylation is 1. The average Bonchev–Trinajstić information content (AvgIpc) is 3.27. The fourth-order valence-electron chi connectivity index (χ4n) is 4.08. The minimum Gasteiger partial charge on any atom is -0.342 e. The standard InChI is InChI=1S/C23H31ClN4O4S/c1-3-17(13-21(24)33(2,31)32)25-14-18-8-6-12-28(18)22(29)15-26-23(30)20-11-10-16-7-4-5-9-19(16)27-20/h4-5,7,9,13,17-18,25H,3,6,8,10-12,14-15H2,1-2H3,(H,26,30). The third kappa shape index (κ3) is 6.88. The molecular formula is C23H31ClN4O4S. The second-order valence-corrected chi connectivity index (χ2v) is 11.0. The van der Waals surface area contributed by atoms with Gasteiger partial charge in [-0.25, -0.2) is 13.4 Å². The zero-order valence-electron chi connectivity index (χ0n) is 19.0. The quantitative estimate of drug-likeness (QED) is 0.547. The van der Waals surface area contributed by atoms with E-state index in [2.05, 4.69) is 15.6 Å². The van der Waals surface area contributed by atoms with Crippen molar-refractivity contribution in [3.63, 3.8) is 0 Å². The molecule has 2 amide bonds. The van der Waals surface area contributed by atoms with E-state index < -0.39 is 9.84 Å². The van der Waals surface area contributed by atoms with Crippen LogP contribution in [0.4, 0.5) is 5.69 Å². The van der Waals surface area contributed by atoms with Crippen LogP contribution in [-0.2, 0) is 25.8 Å². The smallest absolute Gasteiger partial charge is 0.266 e.